The van der Waals surface area contributed by atoms with E-state index in [1.54, 1.807) is 0 Å². The van der Waals surface area contributed by atoms with Gasteiger partial charge in [-0.25, -0.2) is 0 Å². The molecule has 1 amide bonds. The molecule has 1 aliphatic rings. The van der Waals surface area contributed by atoms with E-state index >= 15 is 0 Å². The number of carbonyl (C=O) groups is 2. The van der Waals surface area contributed by atoms with Crippen LogP contribution in [0.1, 0.15) is 35.2 Å². The number of rotatable bonds is 5. The van der Waals surface area contributed by atoms with Crippen LogP contribution in [0, 0.1) is 12.8 Å². The number of ketones is 1. The largest absolute Gasteiger partial charge is 0.343 e. The second kappa shape index (κ2) is 7.36. The van der Waals surface area contributed by atoms with Gasteiger partial charge in [0.05, 0.1) is 0 Å². The number of likely N-dealkylation sites (tertiary alicyclic amines) is 1. The smallest absolute Gasteiger partial charge is 0.223 e. The first kappa shape index (κ1) is 15.7. The Bertz CT molecular complexity index is 488. The van der Waals surface area contributed by atoms with Gasteiger partial charge in [0.1, 0.15) is 0 Å². The van der Waals surface area contributed by atoms with Crippen LogP contribution in [-0.4, -0.2) is 43.3 Å². The van der Waals surface area contributed by atoms with E-state index < -0.39 is 0 Å². The fourth-order valence-corrected chi connectivity index (χ4v) is 2.73. The molecule has 4 heteroatoms. The average molecular weight is 288 g/mol. The number of aryl methyl sites for hydroxylation is 1. The van der Waals surface area contributed by atoms with E-state index in [-0.39, 0.29) is 17.6 Å². The number of benzene rings is 1. The number of amides is 1. The molecule has 0 radical (unpaired) electrons. The molecule has 0 bridgehead atoms. The molecule has 0 atom stereocenters. The average Bonchev–Trinajstić information content (AvgIpc) is 2.53. The standard InChI is InChI=1S/C17H24N2O2/c1-13-3-5-14(6-4-13)17(21)15-8-11-19(12-9-15)16(20)7-10-18-2/h3-6,15,18H,7-12H2,1-2H3. The van der Waals surface area contributed by atoms with Gasteiger partial charge in [-0.15, -0.1) is 0 Å². The van der Waals surface area contributed by atoms with Gasteiger partial charge < -0.3 is 10.2 Å². The van der Waals surface area contributed by atoms with E-state index in [2.05, 4.69) is 5.32 Å². The van der Waals surface area contributed by atoms with Crippen molar-refractivity contribution in [1.82, 2.24) is 10.2 Å². The van der Waals surface area contributed by atoms with Crippen molar-refractivity contribution in [1.29, 1.82) is 0 Å². The van der Waals surface area contributed by atoms with Crippen LogP contribution in [0.3, 0.4) is 0 Å². The summed E-state index contributed by atoms with van der Waals surface area (Å²) in [7, 11) is 1.85. The van der Waals surface area contributed by atoms with Crippen LogP contribution in [0.4, 0.5) is 0 Å². The van der Waals surface area contributed by atoms with Crippen molar-refractivity contribution in [2.24, 2.45) is 5.92 Å². The van der Waals surface area contributed by atoms with Gasteiger partial charge in [-0.3, -0.25) is 9.59 Å². The van der Waals surface area contributed by atoms with Gasteiger partial charge in [0.2, 0.25) is 5.91 Å². The van der Waals surface area contributed by atoms with Gasteiger partial charge in [-0.05, 0) is 26.8 Å². The minimum atomic E-state index is 0.0565. The quantitative estimate of drug-likeness (QED) is 0.843. The summed E-state index contributed by atoms with van der Waals surface area (Å²) in [5.41, 5.74) is 1.96. The molecule has 114 valence electrons. The Morgan fingerprint density at radius 1 is 1.19 bits per heavy atom. The number of hydrogen-bond donors (Lipinski definition) is 1. The maximum absolute atomic E-state index is 12.4. The minimum Gasteiger partial charge on any atom is -0.343 e. The lowest BCUT2D eigenvalue weighted by Gasteiger charge is -2.31. The van der Waals surface area contributed by atoms with Crippen molar-refractivity contribution < 1.29 is 9.59 Å². The molecular weight excluding hydrogens is 264 g/mol. The first-order chi connectivity index (χ1) is 10.1. The molecule has 1 saturated heterocycles. The Morgan fingerprint density at radius 2 is 1.81 bits per heavy atom. The molecule has 1 N–H and O–H groups in total. The van der Waals surface area contributed by atoms with Crippen LogP contribution < -0.4 is 5.32 Å². The highest BCUT2D eigenvalue weighted by atomic mass is 16.2. The van der Waals surface area contributed by atoms with Crippen LogP contribution in [0.5, 0.6) is 0 Å². The third-order valence-electron chi connectivity index (χ3n) is 4.14. The Balaban J connectivity index is 1.87. The molecule has 2 rings (SSSR count). The monoisotopic (exact) mass is 288 g/mol. The summed E-state index contributed by atoms with van der Waals surface area (Å²) >= 11 is 0. The fraction of sp³-hybridized carbons (Fsp3) is 0.529. The van der Waals surface area contributed by atoms with E-state index in [1.807, 2.05) is 43.1 Å². The van der Waals surface area contributed by atoms with E-state index in [4.69, 9.17) is 0 Å². The van der Waals surface area contributed by atoms with Gasteiger partial charge in [-0.2, -0.15) is 0 Å². The van der Waals surface area contributed by atoms with Crippen LogP contribution >= 0.6 is 0 Å². The number of carbonyl (C=O) groups excluding carboxylic acids is 2. The van der Waals surface area contributed by atoms with Gasteiger partial charge in [0.15, 0.2) is 5.78 Å². The molecule has 1 aromatic carbocycles. The van der Waals surface area contributed by atoms with Gasteiger partial charge in [-0.1, -0.05) is 29.8 Å². The van der Waals surface area contributed by atoms with Gasteiger partial charge >= 0.3 is 0 Å². The molecule has 0 aliphatic carbocycles. The zero-order valence-electron chi connectivity index (χ0n) is 12.9. The van der Waals surface area contributed by atoms with E-state index in [1.165, 1.54) is 0 Å². The number of Topliss-reactive ketones (excluding diaryl/α,β-unsaturated/α-hetero) is 1. The first-order valence-corrected chi connectivity index (χ1v) is 7.65. The second-order valence-corrected chi connectivity index (χ2v) is 5.74. The molecule has 0 spiro atoms. The predicted octanol–water partition coefficient (Wildman–Crippen LogP) is 2.03. The van der Waals surface area contributed by atoms with Crippen molar-refractivity contribution >= 4 is 11.7 Å². The number of nitrogens with one attached hydrogen (secondary N) is 1. The molecular formula is C17H24N2O2. The molecule has 0 unspecified atom stereocenters. The SMILES string of the molecule is CNCCC(=O)N1CCC(C(=O)c2ccc(C)cc2)CC1. The Morgan fingerprint density at radius 3 is 2.38 bits per heavy atom. The summed E-state index contributed by atoms with van der Waals surface area (Å²) in [6, 6.07) is 7.76. The zero-order valence-corrected chi connectivity index (χ0v) is 12.9. The second-order valence-electron chi connectivity index (χ2n) is 5.74. The Kier molecular flexibility index (Phi) is 5.51. The summed E-state index contributed by atoms with van der Waals surface area (Å²) in [5, 5.41) is 2.99. The van der Waals surface area contributed by atoms with Crippen molar-refractivity contribution in [2.45, 2.75) is 26.2 Å². The highest BCUT2D eigenvalue weighted by molar-refractivity contribution is 5.98. The van der Waals surface area contributed by atoms with Crippen LogP contribution in [-0.2, 0) is 4.79 Å². The first-order valence-electron chi connectivity index (χ1n) is 7.65. The van der Waals surface area contributed by atoms with E-state index in [0.717, 1.165) is 24.0 Å². The zero-order chi connectivity index (χ0) is 15.2. The Labute approximate surface area is 126 Å². The molecule has 1 aromatic rings. The highest BCUT2D eigenvalue weighted by Gasteiger charge is 2.27. The third kappa shape index (κ3) is 4.14. The molecule has 1 aliphatic heterocycles. The van der Waals surface area contributed by atoms with Crippen molar-refractivity contribution in [3.63, 3.8) is 0 Å². The van der Waals surface area contributed by atoms with Crippen LogP contribution in [0.25, 0.3) is 0 Å². The van der Waals surface area contributed by atoms with Crippen LogP contribution in [0.2, 0.25) is 0 Å². The Hall–Kier alpha value is -1.68. The molecule has 0 saturated carbocycles. The summed E-state index contributed by atoms with van der Waals surface area (Å²) in [6.07, 6.45) is 2.09. The van der Waals surface area contributed by atoms with E-state index in [0.29, 0.717) is 26.1 Å². The van der Waals surface area contributed by atoms with Gasteiger partial charge in [0.25, 0.3) is 0 Å². The predicted molar refractivity (Wildman–Crippen MR) is 83.4 cm³/mol. The summed E-state index contributed by atoms with van der Waals surface area (Å²) < 4.78 is 0. The lowest BCUT2D eigenvalue weighted by molar-refractivity contribution is -0.132. The normalized spacial score (nSPS) is 16.0. The summed E-state index contributed by atoms with van der Waals surface area (Å²) in [6.45, 7) is 4.13. The number of nitrogens with zero attached hydrogens (tertiary/aromatic N) is 1. The minimum absolute atomic E-state index is 0.0565. The molecule has 21 heavy (non-hydrogen) atoms. The molecule has 1 fully saturated rings. The molecule has 4 nitrogen and oxygen atoms in total. The van der Waals surface area contributed by atoms with Crippen molar-refractivity contribution in [3.05, 3.63) is 35.4 Å². The third-order valence-corrected chi connectivity index (χ3v) is 4.14. The van der Waals surface area contributed by atoms with E-state index in [9.17, 15) is 9.59 Å². The number of piperidine rings is 1. The topological polar surface area (TPSA) is 49.4 Å². The van der Waals surface area contributed by atoms with Gasteiger partial charge in [0, 0.05) is 37.5 Å². The van der Waals surface area contributed by atoms with Crippen molar-refractivity contribution in [3.8, 4) is 0 Å². The lowest BCUT2D eigenvalue weighted by atomic mass is 9.88. The highest BCUT2D eigenvalue weighted by Crippen LogP contribution is 2.22. The number of hydrogen-bond acceptors (Lipinski definition) is 3. The summed E-state index contributed by atoms with van der Waals surface area (Å²) in [4.78, 5) is 26.3. The summed E-state index contributed by atoms with van der Waals surface area (Å²) in [5.74, 6) is 0.462. The maximum Gasteiger partial charge on any atom is 0.223 e. The molecule has 1 heterocycles. The molecule has 0 aromatic heterocycles. The maximum atomic E-state index is 12.4. The van der Waals surface area contributed by atoms with Crippen molar-refractivity contribution in [2.75, 3.05) is 26.7 Å². The lowest BCUT2D eigenvalue weighted by Crippen LogP contribution is -2.41. The van der Waals surface area contributed by atoms with Crippen LogP contribution in [0.15, 0.2) is 24.3 Å². The fourth-order valence-electron chi connectivity index (χ4n) is 2.73.